The van der Waals surface area contributed by atoms with E-state index in [2.05, 4.69) is 20.8 Å². The summed E-state index contributed by atoms with van der Waals surface area (Å²) in [5.74, 6) is 3.24. The summed E-state index contributed by atoms with van der Waals surface area (Å²) < 4.78 is 18.3. The zero-order valence-electron chi connectivity index (χ0n) is 17.3. The number of methoxy groups -OCH3 is 1. The largest absolute Gasteiger partial charge is 0.378 e. The van der Waals surface area contributed by atoms with Crippen LogP contribution < -0.4 is 0 Å². The Morgan fingerprint density at radius 3 is 2.27 bits per heavy atom. The summed E-state index contributed by atoms with van der Waals surface area (Å²) >= 11 is 0. The van der Waals surface area contributed by atoms with Crippen LogP contribution in [0.2, 0.25) is 0 Å². The minimum absolute atomic E-state index is 0.0859. The number of rotatable bonds is 1. The Kier molecular flexibility index (Phi) is 3.94. The van der Waals surface area contributed by atoms with Gasteiger partial charge in [-0.3, -0.25) is 0 Å². The summed E-state index contributed by atoms with van der Waals surface area (Å²) in [4.78, 5) is 0. The molecule has 5 fully saturated rings. The molecular formula is C23H38O3. The summed E-state index contributed by atoms with van der Waals surface area (Å²) in [5, 5.41) is 0. The highest BCUT2D eigenvalue weighted by molar-refractivity contribution is 5.13. The summed E-state index contributed by atoms with van der Waals surface area (Å²) in [6, 6.07) is 0. The highest BCUT2D eigenvalue weighted by Crippen LogP contribution is 2.69. The average Bonchev–Trinajstić information content (AvgIpc) is 3.19. The van der Waals surface area contributed by atoms with Crippen molar-refractivity contribution in [3.63, 3.8) is 0 Å². The van der Waals surface area contributed by atoms with E-state index in [9.17, 15) is 0 Å². The molecule has 3 nitrogen and oxygen atoms in total. The highest BCUT2D eigenvalue weighted by Gasteiger charge is 2.64. The monoisotopic (exact) mass is 362 g/mol. The fraction of sp³-hybridized carbons (Fsp3) is 1.00. The lowest BCUT2D eigenvalue weighted by atomic mass is 9.44. The van der Waals surface area contributed by atoms with Gasteiger partial charge in [0.15, 0.2) is 5.79 Å². The first-order chi connectivity index (χ1) is 12.4. The van der Waals surface area contributed by atoms with E-state index < -0.39 is 0 Å². The number of hydrogen-bond donors (Lipinski definition) is 0. The van der Waals surface area contributed by atoms with Gasteiger partial charge in [-0.2, -0.15) is 0 Å². The Bertz CT molecular complexity index is 570. The van der Waals surface area contributed by atoms with E-state index in [1.807, 2.05) is 7.11 Å². The predicted octanol–water partition coefficient (Wildman–Crippen LogP) is 5.18. The van der Waals surface area contributed by atoms with E-state index in [0.717, 1.165) is 49.7 Å². The zero-order chi connectivity index (χ0) is 18.2. The first kappa shape index (κ1) is 17.9. The maximum atomic E-state index is 6.11. The second-order valence-corrected chi connectivity index (χ2v) is 10.9. The smallest absolute Gasteiger partial charge is 0.168 e. The van der Waals surface area contributed by atoms with Crippen LogP contribution in [-0.4, -0.2) is 31.7 Å². The fourth-order valence-electron chi connectivity index (χ4n) is 8.52. The molecule has 26 heavy (non-hydrogen) atoms. The quantitative estimate of drug-likeness (QED) is 0.643. The third-order valence-electron chi connectivity index (χ3n) is 10.5. The molecule has 1 spiro atoms. The molecule has 5 rings (SSSR count). The van der Waals surface area contributed by atoms with Gasteiger partial charge in [-0.05, 0) is 86.4 Å². The maximum absolute atomic E-state index is 6.11. The van der Waals surface area contributed by atoms with Crippen molar-refractivity contribution in [3.05, 3.63) is 0 Å². The Morgan fingerprint density at radius 2 is 1.54 bits per heavy atom. The zero-order valence-corrected chi connectivity index (χ0v) is 17.3. The van der Waals surface area contributed by atoms with Crippen molar-refractivity contribution in [2.45, 2.75) is 89.9 Å². The van der Waals surface area contributed by atoms with Gasteiger partial charge in [0.25, 0.3) is 0 Å². The van der Waals surface area contributed by atoms with Crippen LogP contribution in [0, 0.1) is 34.5 Å². The molecule has 3 heteroatoms. The van der Waals surface area contributed by atoms with Crippen LogP contribution in [0.5, 0.6) is 0 Å². The molecule has 1 aliphatic heterocycles. The molecule has 0 aromatic carbocycles. The molecule has 4 aliphatic carbocycles. The second-order valence-electron chi connectivity index (χ2n) is 10.9. The standard InChI is InChI=1S/C23H38O3/c1-20-11-12-23(25-13-14-26-23)15-16(20)5-6-17-18(20)7-9-21(2)19(17)8-10-22(21,3)24-4/h16-19H,5-15H2,1-4H3/t16-,17+,18-,19-,20-,21-,22-/m0/s1. The van der Waals surface area contributed by atoms with Crippen molar-refractivity contribution in [3.8, 4) is 0 Å². The van der Waals surface area contributed by atoms with E-state index in [1.54, 1.807) is 0 Å². The number of hydrogen-bond acceptors (Lipinski definition) is 3. The molecule has 1 saturated heterocycles. The molecule has 7 atom stereocenters. The Balaban J connectivity index is 1.41. The summed E-state index contributed by atoms with van der Waals surface area (Å²) in [7, 11) is 1.94. The first-order valence-electron chi connectivity index (χ1n) is 11.2. The van der Waals surface area contributed by atoms with Gasteiger partial charge in [0.2, 0.25) is 0 Å². The van der Waals surface area contributed by atoms with Crippen molar-refractivity contribution in [2.75, 3.05) is 20.3 Å². The van der Waals surface area contributed by atoms with Gasteiger partial charge in [-0.1, -0.05) is 13.8 Å². The molecule has 0 bridgehead atoms. The average molecular weight is 363 g/mol. The lowest BCUT2D eigenvalue weighted by molar-refractivity contribution is -0.232. The molecule has 0 radical (unpaired) electrons. The van der Waals surface area contributed by atoms with Crippen LogP contribution in [0.4, 0.5) is 0 Å². The third kappa shape index (κ3) is 2.17. The van der Waals surface area contributed by atoms with Crippen LogP contribution >= 0.6 is 0 Å². The Labute approximate surface area is 159 Å². The molecule has 0 amide bonds. The molecule has 1 heterocycles. The van der Waals surface area contributed by atoms with Gasteiger partial charge in [-0.25, -0.2) is 0 Å². The fourth-order valence-corrected chi connectivity index (χ4v) is 8.52. The SMILES string of the molecule is CO[C@@]1(C)CC[C@H]2[C@@H]3CC[C@H]4CC5(CC[C@]4(C)[C@H]3CC[C@@]21C)OCCO5. The van der Waals surface area contributed by atoms with Crippen molar-refractivity contribution < 1.29 is 14.2 Å². The Morgan fingerprint density at radius 1 is 0.808 bits per heavy atom. The molecule has 0 aromatic rings. The van der Waals surface area contributed by atoms with E-state index >= 15 is 0 Å². The van der Waals surface area contributed by atoms with Crippen LogP contribution in [0.1, 0.15) is 78.6 Å². The minimum atomic E-state index is -0.220. The minimum Gasteiger partial charge on any atom is -0.378 e. The highest BCUT2D eigenvalue weighted by atomic mass is 16.7. The van der Waals surface area contributed by atoms with E-state index in [0.29, 0.717) is 10.8 Å². The van der Waals surface area contributed by atoms with Gasteiger partial charge in [-0.15, -0.1) is 0 Å². The summed E-state index contributed by atoms with van der Waals surface area (Å²) in [6.45, 7) is 9.16. The van der Waals surface area contributed by atoms with Gasteiger partial charge in [0.1, 0.15) is 0 Å². The lowest BCUT2D eigenvalue weighted by Gasteiger charge is -2.62. The maximum Gasteiger partial charge on any atom is 0.168 e. The van der Waals surface area contributed by atoms with Crippen molar-refractivity contribution in [2.24, 2.45) is 34.5 Å². The number of fused-ring (bicyclic) bond motifs is 5. The molecular weight excluding hydrogens is 324 g/mol. The van der Waals surface area contributed by atoms with Crippen LogP contribution in [-0.2, 0) is 14.2 Å². The normalized spacial score (nSPS) is 55.4. The molecule has 0 aromatic heterocycles. The second kappa shape index (κ2) is 5.70. The van der Waals surface area contributed by atoms with Crippen molar-refractivity contribution >= 4 is 0 Å². The number of ether oxygens (including phenoxy) is 3. The van der Waals surface area contributed by atoms with Crippen LogP contribution in [0.3, 0.4) is 0 Å². The third-order valence-corrected chi connectivity index (χ3v) is 10.5. The van der Waals surface area contributed by atoms with E-state index in [-0.39, 0.29) is 11.4 Å². The van der Waals surface area contributed by atoms with Gasteiger partial charge < -0.3 is 14.2 Å². The van der Waals surface area contributed by atoms with Gasteiger partial charge in [0.05, 0.1) is 18.8 Å². The molecule has 0 N–H and O–H groups in total. The Hall–Kier alpha value is -0.120. The summed E-state index contributed by atoms with van der Waals surface area (Å²) in [6.07, 6.45) is 11.7. The van der Waals surface area contributed by atoms with Crippen molar-refractivity contribution in [1.82, 2.24) is 0 Å². The van der Waals surface area contributed by atoms with Gasteiger partial charge in [0, 0.05) is 20.0 Å². The van der Waals surface area contributed by atoms with Crippen LogP contribution in [0.15, 0.2) is 0 Å². The van der Waals surface area contributed by atoms with Crippen LogP contribution in [0.25, 0.3) is 0 Å². The van der Waals surface area contributed by atoms with E-state index in [4.69, 9.17) is 14.2 Å². The van der Waals surface area contributed by atoms with Crippen molar-refractivity contribution in [1.29, 1.82) is 0 Å². The molecule has 0 unspecified atom stereocenters. The first-order valence-corrected chi connectivity index (χ1v) is 11.2. The molecule has 4 saturated carbocycles. The molecule has 5 aliphatic rings. The predicted molar refractivity (Wildman–Crippen MR) is 102 cm³/mol. The van der Waals surface area contributed by atoms with Gasteiger partial charge >= 0.3 is 0 Å². The molecule has 148 valence electrons. The van der Waals surface area contributed by atoms with E-state index in [1.165, 1.54) is 44.9 Å². The summed E-state index contributed by atoms with van der Waals surface area (Å²) in [5.41, 5.74) is 0.957. The lowest BCUT2D eigenvalue weighted by Crippen LogP contribution is -2.58. The topological polar surface area (TPSA) is 27.7 Å².